The first-order chi connectivity index (χ1) is 14.6. The molecular weight excluding hydrogens is 386 g/mol. The first-order valence-corrected chi connectivity index (χ1v) is 11.8. The van der Waals surface area contributed by atoms with E-state index in [1.807, 2.05) is 0 Å². The van der Waals surface area contributed by atoms with E-state index in [1.54, 1.807) is 6.08 Å². The van der Waals surface area contributed by atoms with Gasteiger partial charge in [0.2, 0.25) is 11.8 Å². The standard InChI is InChI=1S/C27H41NO3/c1-8-13-20-18-24(29)28(25(20)30)16-11-12-17-31-23-15-14-21(26(4,5)9-2)19-22(23)27(6,7)10-3/h8,14-15,19-20H,1,9-13,16-18H2,2-7H3. The first kappa shape index (κ1) is 25.2. The molecule has 2 rings (SSSR count). The second kappa shape index (κ2) is 10.5. The molecule has 1 atom stereocenters. The number of imide groups is 1. The van der Waals surface area contributed by atoms with E-state index in [1.165, 1.54) is 16.0 Å². The largest absolute Gasteiger partial charge is 0.493 e. The topological polar surface area (TPSA) is 46.6 Å². The number of hydrogen-bond donors (Lipinski definition) is 0. The smallest absolute Gasteiger partial charge is 0.233 e. The van der Waals surface area contributed by atoms with Crippen molar-refractivity contribution in [2.24, 2.45) is 5.92 Å². The lowest BCUT2D eigenvalue weighted by molar-refractivity contribution is -0.139. The van der Waals surface area contributed by atoms with Crippen LogP contribution in [0.4, 0.5) is 0 Å². The highest BCUT2D eigenvalue weighted by Gasteiger charge is 2.37. The number of carbonyl (C=O) groups excluding carboxylic acids is 2. The lowest BCUT2D eigenvalue weighted by atomic mass is 9.76. The Morgan fingerprint density at radius 2 is 1.77 bits per heavy atom. The minimum atomic E-state index is -0.217. The number of allylic oxidation sites excluding steroid dienone is 1. The van der Waals surface area contributed by atoms with Crippen molar-refractivity contribution in [2.75, 3.05) is 13.2 Å². The van der Waals surface area contributed by atoms with Gasteiger partial charge in [0.15, 0.2) is 0 Å². The van der Waals surface area contributed by atoms with Crippen molar-refractivity contribution in [3.8, 4) is 5.75 Å². The number of rotatable bonds is 12. The molecule has 0 aromatic heterocycles. The molecule has 0 radical (unpaired) electrons. The molecule has 1 unspecified atom stereocenters. The van der Waals surface area contributed by atoms with Crippen molar-refractivity contribution in [2.45, 2.75) is 90.9 Å². The number of likely N-dealkylation sites (tertiary alicyclic amines) is 1. The summed E-state index contributed by atoms with van der Waals surface area (Å²) in [6.45, 7) is 18.3. The third kappa shape index (κ3) is 5.99. The first-order valence-electron chi connectivity index (χ1n) is 11.8. The molecule has 1 aromatic rings. The predicted octanol–water partition coefficient (Wildman–Crippen LogP) is 6.17. The monoisotopic (exact) mass is 427 g/mol. The highest BCUT2D eigenvalue weighted by atomic mass is 16.5. The number of unbranched alkanes of at least 4 members (excludes halogenated alkanes) is 1. The maximum absolute atomic E-state index is 12.3. The van der Waals surface area contributed by atoms with E-state index in [4.69, 9.17) is 4.74 Å². The summed E-state index contributed by atoms with van der Waals surface area (Å²) in [7, 11) is 0. The fourth-order valence-corrected chi connectivity index (χ4v) is 3.93. The van der Waals surface area contributed by atoms with E-state index in [9.17, 15) is 9.59 Å². The van der Waals surface area contributed by atoms with Crippen LogP contribution in [0.15, 0.2) is 30.9 Å². The maximum atomic E-state index is 12.3. The second-order valence-corrected chi connectivity index (χ2v) is 10.1. The molecule has 1 fully saturated rings. The normalized spacial score (nSPS) is 17.4. The average Bonchev–Trinajstić information content (AvgIpc) is 3.01. The summed E-state index contributed by atoms with van der Waals surface area (Å²) < 4.78 is 6.20. The second-order valence-electron chi connectivity index (χ2n) is 10.1. The molecule has 172 valence electrons. The van der Waals surface area contributed by atoms with Gasteiger partial charge in [-0.15, -0.1) is 6.58 Å². The zero-order chi connectivity index (χ0) is 23.2. The fourth-order valence-electron chi connectivity index (χ4n) is 3.93. The number of benzene rings is 1. The molecule has 1 saturated heterocycles. The van der Waals surface area contributed by atoms with Gasteiger partial charge < -0.3 is 4.74 Å². The van der Waals surface area contributed by atoms with Gasteiger partial charge in [0, 0.05) is 18.5 Å². The van der Waals surface area contributed by atoms with Crippen LogP contribution >= 0.6 is 0 Å². The van der Waals surface area contributed by atoms with E-state index in [0.29, 0.717) is 26.0 Å². The summed E-state index contributed by atoms with van der Waals surface area (Å²) in [5.74, 6) is 0.624. The van der Waals surface area contributed by atoms with Gasteiger partial charge in [0.05, 0.1) is 12.5 Å². The third-order valence-electron chi connectivity index (χ3n) is 7.08. The van der Waals surface area contributed by atoms with Crippen LogP contribution < -0.4 is 4.74 Å². The zero-order valence-electron chi connectivity index (χ0n) is 20.4. The molecular formula is C27H41NO3. The minimum absolute atomic E-state index is 0.0315. The number of ether oxygens (including phenoxy) is 1. The van der Waals surface area contributed by atoms with E-state index < -0.39 is 0 Å². The van der Waals surface area contributed by atoms with Crippen LogP contribution in [0.2, 0.25) is 0 Å². The Kier molecular flexibility index (Phi) is 8.50. The van der Waals surface area contributed by atoms with Crippen molar-refractivity contribution < 1.29 is 14.3 Å². The maximum Gasteiger partial charge on any atom is 0.233 e. The van der Waals surface area contributed by atoms with Crippen LogP contribution in [0, 0.1) is 5.92 Å². The summed E-state index contributed by atoms with van der Waals surface area (Å²) in [4.78, 5) is 25.9. The van der Waals surface area contributed by atoms with E-state index in [-0.39, 0.29) is 28.6 Å². The highest BCUT2D eigenvalue weighted by molar-refractivity contribution is 6.03. The van der Waals surface area contributed by atoms with Crippen molar-refractivity contribution in [3.05, 3.63) is 42.0 Å². The number of nitrogens with zero attached hydrogens (tertiary/aromatic N) is 1. The van der Waals surface area contributed by atoms with Crippen LogP contribution in [0.3, 0.4) is 0 Å². The number of amides is 2. The summed E-state index contributed by atoms with van der Waals surface area (Å²) in [5, 5.41) is 0. The summed E-state index contributed by atoms with van der Waals surface area (Å²) in [6.07, 6.45) is 6.28. The Morgan fingerprint density at radius 1 is 1.10 bits per heavy atom. The van der Waals surface area contributed by atoms with Crippen molar-refractivity contribution in [3.63, 3.8) is 0 Å². The molecule has 1 aliphatic heterocycles. The van der Waals surface area contributed by atoms with Gasteiger partial charge in [-0.05, 0) is 54.6 Å². The molecule has 1 heterocycles. The SMILES string of the molecule is C=CCC1CC(=O)N(CCCCOc2ccc(C(C)(C)CC)cc2C(C)(C)CC)C1=O. The van der Waals surface area contributed by atoms with Crippen LogP contribution in [0.1, 0.15) is 91.2 Å². The molecule has 0 spiro atoms. The molecule has 0 N–H and O–H groups in total. The van der Waals surface area contributed by atoms with Crippen molar-refractivity contribution in [1.29, 1.82) is 0 Å². The van der Waals surface area contributed by atoms with Crippen molar-refractivity contribution in [1.82, 2.24) is 4.90 Å². The summed E-state index contributed by atoms with van der Waals surface area (Å²) in [6, 6.07) is 6.63. The van der Waals surface area contributed by atoms with E-state index >= 15 is 0 Å². The predicted molar refractivity (Wildman–Crippen MR) is 127 cm³/mol. The lowest BCUT2D eigenvalue weighted by Gasteiger charge is -2.30. The molecule has 2 amide bonds. The van der Waals surface area contributed by atoms with Gasteiger partial charge in [0.25, 0.3) is 0 Å². The summed E-state index contributed by atoms with van der Waals surface area (Å²) in [5.41, 5.74) is 2.77. The van der Waals surface area contributed by atoms with E-state index in [2.05, 4.69) is 66.3 Å². The van der Waals surface area contributed by atoms with Crippen LogP contribution in [0.5, 0.6) is 5.75 Å². The zero-order valence-corrected chi connectivity index (χ0v) is 20.4. The van der Waals surface area contributed by atoms with Crippen LogP contribution in [-0.4, -0.2) is 29.9 Å². The van der Waals surface area contributed by atoms with Gasteiger partial charge in [-0.3, -0.25) is 14.5 Å². The molecule has 1 aromatic carbocycles. The van der Waals surface area contributed by atoms with Gasteiger partial charge in [-0.25, -0.2) is 0 Å². The Morgan fingerprint density at radius 3 is 2.39 bits per heavy atom. The Bertz CT molecular complexity index is 794. The quantitative estimate of drug-likeness (QED) is 0.228. The molecule has 0 saturated carbocycles. The molecule has 0 bridgehead atoms. The van der Waals surface area contributed by atoms with Gasteiger partial charge in [-0.1, -0.05) is 59.8 Å². The molecule has 4 heteroatoms. The van der Waals surface area contributed by atoms with Crippen molar-refractivity contribution >= 4 is 11.8 Å². The Balaban J connectivity index is 1.98. The molecule has 31 heavy (non-hydrogen) atoms. The van der Waals surface area contributed by atoms with E-state index in [0.717, 1.165) is 31.4 Å². The van der Waals surface area contributed by atoms with Gasteiger partial charge >= 0.3 is 0 Å². The summed E-state index contributed by atoms with van der Waals surface area (Å²) >= 11 is 0. The number of carbonyl (C=O) groups is 2. The average molecular weight is 428 g/mol. The third-order valence-corrected chi connectivity index (χ3v) is 7.08. The van der Waals surface area contributed by atoms with Gasteiger partial charge in [-0.2, -0.15) is 0 Å². The Hall–Kier alpha value is -2.10. The number of hydrogen-bond acceptors (Lipinski definition) is 3. The van der Waals surface area contributed by atoms with Gasteiger partial charge in [0.1, 0.15) is 5.75 Å². The minimum Gasteiger partial charge on any atom is -0.493 e. The fraction of sp³-hybridized carbons (Fsp3) is 0.630. The Labute approximate surface area is 189 Å². The molecule has 0 aliphatic carbocycles. The lowest BCUT2D eigenvalue weighted by Crippen LogP contribution is -2.31. The molecule has 1 aliphatic rings. The molecule has 4 nitrogen and oxygen atoms in total. The van der Waals surface area contributed by atoms with Crippen LogP contribution in [0.25, 0.3) is 0 Å². The highest BCUT2D eigenvalue weighted by Crippen LogP contribution is 2.38. The van der Waals surface area contributed by atoms with Crippen LogP contribution in [-0.2, 0) is 20.4 Å².